The Kier molecular flexibility index (Phi) is 5.81. The predicted molar refractivity (Wildman–Crippen MR) is 75.3 cm³/mol. The van der Waals surface area contributed by atoms with Crippen molar-refractivity contribution in [1.29, 1.82) is 0 Å². The Morgan fingerprint density at radius 2 is 2.06 bits per heavy atom. The van der Waals surface area contributed by atoms with Crippen molar-refractivity contribution in [3.05, 3.63) is 11.9 Å². The maximum atomic E-state index is 12.0. The second-order valence-electron chi connectivity index (χ2n) is 4.30. The van der Waals surface area contributed by atoms with Gasteiger partial charge in [-0.2, -0.15) is 5.10 Å². The van der Waals surface area contributed by atoms with Gasteiger partial charge in [0, 0.05) is 11.4 Å². The molecule has 0 aliphatic heterocycles. The van der Waals surface area contributed by atoms with E-state index in [4.69, 9.17) is 0 Å². The summed E-state index contributed by atoms with van der Waals surface area (Å²) in [5.74, 6) is 0.471. The summed E-state index contributed by atoms with van der Waals surface area (Å²) in [5.41, 5.74) is 0.552. The fraction of sp³-hybridized carbons (Fsp3) is 0.727. The van der Waals surface area contributed by atoms with Gasteiger partial charge >= 0.3 is 0 Å². The molecule has 1 heterocycles. The average molecular weight is 338 g/mol. The molecular weight excluding hydrogens is 318 g/mol. The number of H-pyrrole nitrogens is 1. The van der Waals surface area contributed by atoms with Crippen LogP contribution in [0.5, 0.6) is 0 Å². The van der Waals surface area contributed by atoms with Crippen molar-refractivity contribution in [2.75, 3.05) is 6.54 Å². The van der Waals surface area contributed by atoms with Crippen molar-refractivity contribution in [1.82, 2.24) is 14.9 Å². The predicted octanol–water partition coefficient (Wildman–Crippen LogP) is 2.20. The zero-order valence-corrected chi connectivity index (χ0v) is 13.3. The maximum Gasteiger partial charge on any atom is 0.243 e. The highest BCUT2D eigenvalue weighted by Crippen LogP contribution is 2.20. The highest BCUT2D eigenvalue weighted by atomic mass is 79.9. The van der Waals surface area contributed by atoms with E-state index in [1.54, 1.807) is 6.92 Å². The zero-order chi connectivity index (χ0) is 13.8. The van der Waals surface area contributed by atoms with Crippen molar-refractivity contribution in [2.45, 2.75) is 43.3 Å². The number of rotatable bonds is 7. The molecule has 1 aromatic heterocycles. The minimum absolute atomic E-state index is 0.148. The SMILES string of the molecule is CCC(CC)C(Br)CNS(=O)(=O)c1cn[nH]c1C. The summed E-state index contributed by atoms with van der Waals surface area (Å²) >= 11 is 3.55. The van der Waals surface area contributed by atoms with Gasteiger partial charge in [0.15, 0.2) is 0 Å². The van der Waals surface area contributed by atoms with Crippen LogP contribution in [0.15, 0.2) is 11.1 Å². The van der Waals surface area contributed by atoms with E-state index in [-0.39, 0.29) is 9.72 Å². The lowest BCUT2D eigenvalue weighted by Gasteiger charge is -2.19. The molecule has 0 saturated heterocycles. The van der Waals surface area contributed by atoms with E-state index < -0.39 is 10.0 Å². The summed E-state index contributed by atoms with van der Waals surface area (Å²) in [5, 5.41) is 6.35. The molecule has 0 aliphatic carbocycles. The molecule has 0 fully saturated rings. The third kappa shape index (κ3) is 3.80. The molecule has 5 nitrogen and oxygen atoms in total. The van der Waals surface area contributed by atoms with Crippen LogP contribution in [-0.4, -0.2) is 30.0 Å². The van der Waals surface area contributed by atoms with Crippen molar-refractivity contribution < 1.29 is 8.42 Å². The fourth-order valence-electron chi connectivity index (χ4n) is 1.84. The largest absolute Gasteiger partial charge is 0.281 e. The van der Waals surface area contributed by atoms with Gasteiger partial charge < -0.3 is 0 Å². The monoisotopic (exact) mass is 337 g/mol. The average Bonchev–Trinajstić information content (AvgIpc) is 2.75. The summed E-state index contributed by atoms with van der Waals surface area (Å²) in [6.07, 6.45) is 3.38. The van der Waals surface area contributed by atoms with Crippen LogP contribution in [0, 0.1) is 12.8 Å². The van der Waals surface area contributed by atoms with Crippen LogP contribution in [0.1, 0.15) is 32.4 Å². The molecule has 0 bridgehead atoms. The van der Waals surface area contributed by atoms with Crippen molar-refractivity contribution in [3.63, 3.8) is 0 Å². The number of nitrogens with one attached hydrogen (secondary N) is 2. The summed E-state index contributed by atoms with van der Waals surface area (Å²) in [6.45, 7) is 6.29. The molecule has 0 saturated carbocycles. The summed E-state index contributed by atoms with van der Waals surface area (Å²) in [6, 6.07) is 0. The molecule has 0 amide bonds. The van der Waals surface area contributed by atoms with E-state index in [1.165, 1.54) is 6.20 Å². The van der Waals surface area contributed by atoms with Crippen LogP contribution >= 0.6 is 15.9 Å². The van der Waals surface area contributed by atoms with Crippen molar-refractivity contribution >= 4 is 26.0 Å². The van der Waals surface area contributed by atoms with Gasteiger partial charge in [0.05, 0.1) is 11.9 Å². The molecular formula is C11H20BrN3O2S. The molecule has 1 atom stereocenters. The molecule has 1 aromatic rings. The van der Waals surface area contributed by atoms with E-state index in [0.717, 1.165) is 12.8 Å². The minimum atomic E-state index is -3.47. The Morgan fingerprint density at radius 3 is 2.50 bits per heavy atom. The Balaban J connectivity index is 2.66. The van der Waals surface area contributed by atoms with E-state index >= 15 is 0 Å². The lowest BCUT2D eigenvalue weighted by molar-refractivity contribution is 0.471. The van der Waals surface area contributed by atoms with Crippen LogP contribution in [-0.2, 0) is 10.0 Å². The van der Waals surface area contributed by atoms with E-state index in [0.29, 0.717) is 18.2 Å². The number of sulfonamides is 1. The van der Waals surface area contributed by atoms with Crippen LogP contribution in [0.25, 0.3) is 0 Å². The first-order chi connectivity index (χ1) is 8.42. The Morgan fingerprint density at radius 1 is 1.44 bits per heavy atom. The molecule has 0 spiro atoms. The van der Waals surface area contributed by atoms with Crippen LogP contribution in [0.3, 0.4) is 0 Å². The molecule has 7 heteroatoms. The van der Waals surface area contributed by atoms with Gasteiger partial charge in [-0.15, -0.1) is 0 Å². The minimum Gasteiger partial charge on any atom is -0.281 e. The quantitative estimate of drug-likeness (QED) is 0.749. The lowest BCUT2D eigenvalue weighted by Crippen LogP contribution is -2.33. The van der Waals surface area contributed by atoms with Crippen molar-refractivity contribution in [3.8, 4) is 0 Å². The van der Waals surface area contributed by atoms with Gasteiger partial charge in [0.2, 0.25) is 10.0 Å². The summed E-state index contributed by atoms with van der Waals surface area (Å²) in [4.78, 5) is 0.362. The molecule has 18 heavy (non-hydrogen) atoms. The summed E-state index contributed by atoms with van der Waals surface area (Å²) < 4.78 is 26.7. The van der Waals surface area contributed by atoms with Crippen molar-refractivity contribution in [2.24, 2.45) is 5.92 Å². The molecule has 104 valence electrons. The molecule has 2 N–H and O–H groups in total. The third-order valence-electron chi connectivity index (χ3n) is 3.10. The molecule has 1 unspecified atom stereocenters. The Hall–Kier alpha value is -0.400. The number of aromatic nitrogens is 2. The standard InChI is InChI=1S/C11H20BrN3O2S/c1-4-9(5-2)10(12)6-14-18(16,17)11-7-13-15-8(11)3/h7,9-10,14H,4-6H2,1-3H3,(H,13,15). The normalized spacial score (nSPS) is 14.1. The van der Waals surface area contributed by atoms with Gasteiger partial charge in [0.1, 0.15) is 4.90 Å². The smallest absolute Gasteiger partial charge is 0.243 e. The van der Waals surface area contributed by atoms with Gasteiger partial charge in [-0.3, -0.25) is 5.10 Å². The van der Waals surface area contributed by atoms with Gasteiger partial charge in [-0.05, 0) is 12.8 Å². The van der Waals surface area contributed by atoms with E-state index in [2.05, 4.69) is 44.7 Å². The number of nitrogens with zero attached hydrogens (tertiary/aromatic N) is 1. The number of hydrogen-bond donors (Lipinski definition) is 2. The van der Waals surface area contributed by atoms with Crippen LogP contribution in [0.4, 0.5) is 0 Å². The number of aryl methyl sites for hydroxylation is 1. The molecule has 1 rings (SSSR count). The van der Waals surface area contributed by atoms with E-state index in [9.17, 15) is 8.42 Å². The first-order valence-electron chi connectivity index (χ1n) is 6.06. The number of halogens is 1. The molecule has 0 radical (unpaired) electrons. The second-order valence-corrected chi connectivity index (χ2v) is 7.22. The van der Waals surface area contributed by atoms with Crippen LogP contribution < -0.4 is 4.72 Å². The highest BCUT2D eigenvalue weighted by molar-refractivity contribution is 9.09. The number of alkyl halides is 1. The van der Waals surface area contributed by atoms with Crippen LogP contribution in [0.2, 0.25) is 0 Å². The van der Waals surface area contributed by atoms with Gasteiger partial charge in [0.25, 0.3) is 0 Å². The first-order valence-corrected chi connectivity index (χ1v) is 8.45. The Bertz CT molecular complexity index is 468. The molecule has 0 aromatic carbocycles. The number of aromatic amines is 1. The summed E-state index contributed by atoms with van der Waals surface area (Å²) in [7, 11) is -3.47. The van der Waals surface area contributed by atoms with E-state index in [1.807, 2.05) is 0 Å². The lowest BCUT2D eigenvalue weighted by atomic mass is 10.00. The Labute approximate surface area is 117 Å². The third-order valence-corrected chi connectivity index (χ3v) is 5.71. The highest BCUT2D eigenvalue weighted by Gasteiger charge is 2.22. The fourth-order valence-corrected chi connectivity index (χ4v) is 4.16. The topological polar surface area (TPSA) is 74.8 Å². The first kappa shape index (κ1) is 15.7. The van der Waals surface area contributed by atoms with Gasteiger partial charge in [-0.1, -0.05) is 42.6 Å². The number of hydrogen-bond acceptors (Lipinski definition) is 3. The zero-order valence-electron chi connectivity index (χ0n) is 10.9. The molecule has 0 aliphatic rings. The van der Waals surface area contributed by atoms with Gasteiger partial charge in [-0.25, -0.2) is 13.1 Å². The maximum absolute atomic E-state index is 12.0. The second kappa shape index (κ2) is 6.68.